The number of para-hydroxylation sites is 2. The normalized spacial score (nSPS) is 11.5. The van der Waals surface area contributed by atoms with E-state index in [0.29, 0.717) is 0 Å². The van der Waals surface area contributed by atoms with Gasteiger partial charge in [-0.3, -0.25) is 9.35 Å². The molecule has 21 heavy (non-hydrogen) atoms. The number of benzene rings is 2. The molecular weight excluding hydrogens is 260 g/mol. The van der Waals surface area contributed by atoms with Gasteiger partial charge in [0.1, 0.15) is 0 Å². The lowest BCUT2D eigenvalue weighted by Gasteiger charge is -2.12. The Hall–Kier alpha value is -2.52. The maximum atomic E-state index is 9.73. The van der Waals surface area contributed by atoms with Gasteiger partial charge in [-0.1, -0.05) is 36.4 Å². The maximum Gasteiger partial charge on any atom is 0.0853 e. The number of aromatic nitrogens is 2. The Morgan fingerprint density at radius 1 is 0.952 bits per heavy atom. The van der Waals surface area contributed by atoms with Gasteiger partial charge in [0, 0.05) is 17.0 Å². The molecule has 2 aromatic heterocycles. The molecule has 0 spiro atoms. The Labute approximate surface area is 122 Å². The number of hydrogen-bond donors (Lipinski definition) is 1. The zero-order valence-corrected chi connectivity index (χ0v) is 11.8. The second-order valence-corrected chi connectivity index (χ2v) is 5.34. The minimum absolute atomic E-state index is 0.0141. The average molecular weight is 276 g/mol. The predicted octanol–water partition coefficient (Wildman–Crippen LogP) is 3.71. The molecule has 0 saturated heterocycles. The maximum absolute atomic E-state index is 9.73. The van der Waals surface area contributed by atoms with Crippen LogP contribution < -0.4 is 0 Å². The molecule has 104 valence electrons. The first kappa shape index (κ1) is 12.2. The van der Waals surface area contributed by atoms with Crippen LogP contribution in [-0.2, 0) is 6.61 Å². The molecular formula is C18H16N2O. The summed E-state index contributed by atoms with van der Waals surface area (Å²) in [5, 5.41) is 12.1. The minimum atomic E-state index is 0.0141. The number of aliphatic hydroxyl groups is 1. The molecule has 0 fully saturated rings. The molecule has 0 saturated carbocycles. The SMILES string of the molecule is Cc1cn(-n2c(CO)cc3ccccc32)c2ccccc12. The number of aliphatic hydroxyl groups excluding tert-OH is 1. The van der Waals surface area contributed by atoms with Gasteiger partial charge in [-0.05, 0) is 30.7 Å². The summed E-state index contributed by atoms with van der Waals surface area (Å²) < 4.78 is 4.21. The summed E-state index contributed by atoms with van der Waals surface area (Å²) in [5.41, 5.74) is 4.36. The van der Waals surface area contributed by atoms with Crippen LogP contribution in [0.25, 0.3) is 21.8 Å². The summed E-state index contributed by atoms with van der Waals surface area (Å²) in [5.74, 6) is 0. The van der Waals surface area contributed by atoms with Crippen LogP contribution in [0, 0.1) is 6.92 Å². The standard InChI is InChI=1S/C18H16N2O/c1-13-11-19(18-9-5-3-7-16(13)18)20-15(12-21)10-14-6-2-4-8-17(14)20/h2-11,21H,12H2,1H3. The minimum Gasteiger partial charge on any atom is -0.390 e. The zero-order chi connectivity index (χ0) is 14.4. The first-order valence-corrected chi connectivity index (χ1v) is 7.07. The Balaban J connectivity index is 2.13. The molecule has 1 N–H and O–H groups in total. The van der Waals surface area contributed by atoms with Gasteiger partial charge >= 0.3 is 0 Å². The van der Waals surface area contributed by atoms with E-state index in [1.165, 1.54) is 10.9 Å². The van der Waals surface area contributed by atoms with E-state index in [0.717, 1.165) is 22.1 Å². The lowest BCUT2D eigenvalue weighted by Crippen LogP contribution is -2.11. The van der Waals surface area contributed by atoms with E-state index < -0.39 is 0 Å². The number of rotatable bonds is 2. The van der Waals surface area contributed by atoms with Gasteiger partial charge in [0.15, 0.2) is 0 Å². The van der Waals surface area contributed by atoms with Crippen molar-refractivity contribution in [2.75, 3.05) is 0 Å². The Morgan fingerprint density at radius 2 is 1.67 bits per heavy atom. The third-order valence-corrected chi connectivity index (χ3v) is 4.03. The number of aryl methyl sites for hydroxylation is 1. The molecule has 0 amide bonds. The van der Waals surface area contributed by atoms with Gasteiger partial charge in [-0.2, -0.15) is 0 Å². The molecule has 4 aromatic rings. The fraction of sp³-hybridized carbons (Fsp3) is 0.111. The van der Waals surface area contributed by atoms with E-state index in [4.69, 9.17) is 0 Å². The van der Waals surface area contributed by atoms with E-state index in [1.54, 1.807) is 0 Å². The van der Waals surface area contributed by atoms with Gasteiger partial charge in [0.05, 0.1) is 23.3 Å². The van der Waals surface area contributed by atoms with Crippen LogP contribution in [0.1, 0.15) is 11.3 Å². The van der Waals surface area contributed by atoms with Crippen LogP contribution in [0.15, 0.2) is 60.8 Å². The van der Waals surface area contributed by atoms with Crippen LogP contribution in [-0.4, -0.2) is 14.5 Å². The second kappa shape index (κ2) is 4.50. The molecule has 0 atom stereocenters. The quantitative estimate of drug-likeness (QED) is 0.594. The van der Waals surface area contributed by atoms with Gasteiger partial charge in [0.2, 0.25) is 0 Å². The van der Waals surface area contributed by atoms with E-state index in [2.05, 4.69) is 52.8 Å². The first-order chi connectivity index (χ1) is 10.3. The van der Waals surface area contributed by atoms with Crippen LogP contribution in [0.4, 0.5) is 0 Å². The zero-order valence-electron chi connectivity index (χ0n) is 11.8. The van der Waals surface area contributed by atoms with Gasteiger partial charge in [-0.25, -0.2) is 0 Å². The fourth-order valence-corrected chi connectivity index (χ4v) is 3.06. The fourth-order valence-electron chi connectivity index (χ4n) is 3.06. The smallest absolute Gasteiger partial charge is 0.0853 e. The summed E-state index contributed by atoms with van der Waals surface area (Å²) >= 11 is 0. The number of nitrogens with zero attached hydrogens (tertiary/aromatic N) is 2. The van der Waals surface area contributed by atoms with E-state index in [-0.39, 0.29) is 6.61 Å². The lowest BCUT2D eigenvalue weighted by atomic mass is 10.2. The Kier molecular flexibility index (Phi) is 2.62. The molecule has 0 aliphatic heterocycles. The molecule has 3 nitrogen and oxygen atoms in total. The third kappa shape index (κ3) is 1.71. The summed E-state index contributed by atoms with van der Waals surface area (Å²) in [4.78, 5) is 0. The molecule has 2 aromatic carbocycles. The molecule has 0 unspecified atom stereocenters. The predicted molar refractivity (Wildman–Crippen MR) is 85.3 cm³/mol. The van der Waals surface area contributed by atoms with E-state index in [1.807, 2.05) is 24.3 Å². The van der Waals surface area contributed by atoms with Crippen LogP contribution in [0.5, 0.6) is 0 Å². The summed E-state index contributed by atoms with van der Waals surface area (Å²) in [6.45, 7) is 2.13. The second-order valence-electron chi connectivity index (χ2n) is 5.34. The number of fused-ring (bicyclic) bond motifs is 2. The topological polar surface area (TPSA) is 30.1 Å². The Bertz CT molecular complexity index is 946. The molecule has 2 heterocycles. The van der Waals surface area contributed by atoms with Crippen molar-refractivity contribution in [3.05, 3.63) is 72.1 Å². The number of hydrogen-bond acceptors (Lipinski definition) is 1. The first-order valence-electron chi connectivity index (χ1n) is 7.07. The highest BCUT2D eigenvalue weighted by Crippen LogP contribution is 2.26. The molecule has 0 aliphatic carbocycles. The van der Waals surface area contributed by atoms with Crippen LogP contribution in [0.3, 0.4) is 0 Å². The van der Waals surface area contributed by atoms with Gasteiger partial charge < -0.3 is 5.11 Å². The van der Waals surface area contributed by atoms with Crippen molar-refractivity contribution in [3.8, 4) is 0 Å². The van der Waals surface area contributed by atoms with E-state index >= 15 is 0 Å². The highest BCUT2D eigenvalue weighted by Gasteiger charge is 2.12. The van der Waals surface area contributed by atoms with Crippen molar-refractivity contribution in [2.45, 2.75) is 13.5 Å². The summed E-state index contributed by atoms with van der Waals surface area (Å²) in [6.07, 6.45) is 2.12. The van der Waals surface area contributed by atoms with Crippen LogP contribution >= 0.6 is 0 Å². The average Bonchev–Trinajstić information content (AvgIpc) is 3.05. The van der Waals surface area contributed by atoms with Crippen molar-refractivity contribution >= 4 is 21.8 Å². The lowest BCUT2D eigenvalue weighted by molar-refractivity contribution is 0.270. The third-order valence-electron chi connectivity index (χ3n) is 4.03. The van der Waals surface area contributed by atoms with Gasteiger partial charge in [-0.15, -0.1) is 0 Å². The van der Waals surface area contributed by atoms with Crippen LogP contribution in [0.2, 0.25) is 0 Å². The van der Waals surface area contributed by atoms with Gasteiger partial charge in [0.25, 0.3) is 0 Å². The molecule has 0 aliphatic rings. The van der Waals surface area contributed by atoms with E-state index in [9.17, 15) is 5.11 Å². The molecule has 0 radical (unpaired) electrons. The molecule has 4 rings (SSSR count). The highest BCUT2D eigenvalue weighted by atomic mass is 16.3. The van der Waals surface area contributed by atoms with Crippen molar-refractivity contribution < 1.29 is 5.11 Å². The highest BCUT2D eigenvalue weighted by molar-refractivity contribution is 5.86. The van der Waals surface area contributed by atoms with Crippen molar-refractivity contribution in [1.82, 2.24) is 9.35 Å². The van der Waals surface area contributed by atoms with Crippen molar-refractivity contribution in [3.63, 3.8) is 0 Å². The summed E-state index contributed by atoms with van der Waals surface area (Å²) in [6, 6.07) is 18.6. The van der Waals surface area contributed by atoms with Crippen molar-refractivity contribution in [1.29, 1.82) is 0 Å². The largest absolute Gasteiger partial charge is 0.390 e. The molecule has 0 bridgehead atoms. The monoisotopic (exact) mass is 276 g/mol. The van der Waals surface area contributed by atoms with Crippen molar-refractivity contribution in [2.24, 2.45) is 0 Å². The summed E-state index contributed by atoms with van der Waals surface area (Å²) in [7, 11) is 0. The molecule has 3 heteroatoms. The Morgan fingerprint density at radius 3 is 2.48 bits per heavy atom.